The fourth-order valence-corrected chi connectivity index (χ4v) is 2.26. The van der Waals surface area contributed by atoms with Gasteiger partial charge in [-0.1, -0.05) is 19.9 Å². The molecule has 0 radical (unpaired) electrons. The van der Waals surface area contributed by atoms with Gasteiger partial charge in [0, 0.05) is 12.1 Å². The average Bonchev–Trinajstić information content (AvgIpc) is 2.42. The third-order valence-corrected chi connectivity index (χ3v) is 3.60. The maximum atomic E-state index is 5.68. The van der Waals surface area contributed by atoms with Crippen LogP contribution in [0.2, 0.25) is 0 Å². The largest absolute Gasteiger partial charge is 0.496 e. The van der Waals surface area contributed by atoms with Crippen molar-refractivity contribution in [2.75, 3.05) is 34.9 Å². The van der Waals surface area contributed by atoms with Crippen molar-refractivity contribution in [3.05, 3.63) is 23.3 Å². The van der Waals surface area contributed by atoms with Crippen molar-refractivity contribution in [3.63, 3.8) is 0 Å². The summed E-state index contributed by atoms with van der Waals surface area (Å²) in [6, 6.07) is 4.18. The number of methoxy groups -OCH3 is 2. The van der Waals surface area contributed by atoms with Gasteiger partial charge in [0.25, 0.3) is 0 Å². The van der Waals surface area contributed by atoms with Gasteiger partial charge in [-0.2, -0.15) is 0 Å². The van der Waals surface area contributed by atoms with E-state index in [1.165, 1.54) is 11.1 Å². The molecule has 0 aliphatic rings. The number of benzene rings is 1. The molecule has 0 aliphatic carbocycles. The first-order chi connectivity index (χ1) is 9.04. The van der Waals surface area contributed by atoms with Gasteiger partial charge in [-0.05, 0) is 44.5 Å². The molecule has 0 saturated heterocycles. The monoisotopic (exact) mass is 265 g/mol. The van der Waals surface area contributed by atoms with E-state index in [0.29, 0.717) is 5.92 Å². The average molecular weight is 265 g/mol. The summed E-state index contributed by atoms with van der Waals surface area (Å²) >= 11 is 0. The highest BCUT2D eigenvalue weighted by atomic mass is 16.5. The van der Waals surface area contributed by atoms with Crippen molar-refractivity contribution in [1.82, 2.24) is 4.90 Å². The molecule has 0 spiro atoms. The molecule has 0 aromatic heterocycles. The van der Waals surface area contributed by atoms with E-state index in [1.54, 1.807) is 14.2 Å². The first kappa shape index (κ1) is 15.8. The SMILES string of the molecule is CCC(C)c1c(OC)ccc(CCN(C)C)c1OC. The summed E-state index contributed by atoms with van der Waals surface area (Å²) in [5, 5.41) is 0. The number of hydrogen-bond donors (Lipinski definition) is 0. The maximum Gasteiger partial charge on any atom is 0.129 e. The Hall–Kier alpha value is -1.22. The van der Waals surface area contributed by atoms with Crippen LogP contribution in [-0.2, 0) is 6.42 Å². The summed E-state index contributed by atoms with van der Waals surface area (Å²) < 4.78 is 11.2. The zero-order valence-corrected chi connectivity index (χ0v) is 13.1. The molecular formula is C16H27NO2. The molecule has 1 rings (SSSR count). The molecule has 0 amide bonds. The van der Waals surface area contributed by atoms with Crippen molar-refractivity contribution in [1.29, 1.82) is 0 Å². The molecule has 1 aromatic rings. The second-order valence-corrected chi connectivity index (χ2v) is 5.24. The molecule has 0 saturated carbocycles. The lowest BCUT2D eigenvalue weighted by molar-refractivity contribution is 0.370. The minimum atomic E-state index is 0.434. The van der Waals surface area contributed by atoms with Crippen LogP contribution in [0.3, 0.4) is 0 Å². The van der Waals surface area contributed by atoms with Crippen LogP contribution in [0.5, 0.6) is 11.5 Å². The van der Waals surface area contributed by atoms with Gasteiger partial charge in [0.2, 0.25) is 0 Å². The maximum absolute atomic E-state index is 5.68. The van der Waals surface area contributed by atoms with E-state index in [-0.39, 0.29) is 0 Å². The molecule has 3 nitrogen and oxygen atoms in total. The predicted molar refractivity (Wildman–Crippen MR) is 80.5 cm³/mol. The van der Waals surface area contributed by atoms with Crippen LogP contribution >= 0.6 is 0 Å². The fourth-order valence-electron chi connectivity index (χ4n) is 2.26. The zero-order chi connectivity index (χ0) is 14.4. The van der Waals surface area contributed by atoms with E-state index < -0.39 is 0 Å². The van der Waals surface area contributed by atoms with Crippen LogP contribution in [0.4, 0.5) is 0 Å². The van der Waals surface area contributed by atoms with Gasteiger partial charge < -0.3 is 14.4 Å². The third-order valence-electron chi connectivity index (χ3n) is 3.60. The smallest absolute Gasteiger partial charge is 0.129 e. The van der Waals surface area contributed by atoms with E-state index >= 15 is 0 Å². The summed E-state index contributed by atoms with van der Waals surface area (Å²) in [5.74, 6) is 2.36. The summed E-state index contributed by atoms with van der Waals surface area (Å²) in [6.07, 6.45) is 2.06. The summed E-state index contributed by atoms with van der Waals surface area (Å²) in [6.45, 7) is 5.43. The molecule has 108 valence electrons. The van der Waals surface area contributed by atoms with Crippen LogP contribution in [-0.4, -0.2) is 39.8 Å². The summed E-state index contributed by atoms with van der Waals surface area (Å²) in [7, 11) is 7.65. The van der Waals surface area contributed by atoms with Gasteiger partial charge in [0.1, 0.15) is 11.5 Å². The Morgan fingerprint density at radius 3 is 2.32 bits per heavy atom. The highest BCUT2D eigenvalue weighted by molar-refractivity contribution is 5.52. The molecule has 3 heteroatoms. The van der Waals surface area contributed by atoms with Crippen molar-refractivity contribution in [3.8, 4) is 11.5 Å². The molecule has 0 fully saturated rings. The minimum Gasteiger partial charge on any atom is -0.496 e. The first-order valence-corrected chi connectivity index (χ1v) is 6.93. The number of rotatable bonds is 7. The number of ether oxygens (including phenoxy) is 2. The van der Waals surface area contributed by atoms with Crippen LogP contribution < -0.4 is 9.47 Å². The van der Waals surface area contributed by atoms with E-state index in [0.717, 1.165) is 30.9 Å². The van der Waals surface area contributed by atoms with E-state index in [2.05, 4.69) is 45.0 Å². The predicted octanol–water partition coefficient (Wildman–Crippen LogP) is 3.32. The van der Waals surface area contributed by atoms with Crippen molar-refractivity contribution in [2.45, 2.75) is 32.6 Å². The lowest BCUT2D eigenvalue weighted by Gasteiger charge is -2.21. The number of hydrogen-bond acceptors (Lipinski definition) is 3. The van der Waals surface area contributed by atoms with E-state index in [1.807, 2.05) is 0 Å². The van der Waals surface area contributed by atoms with Crippen LogP contribution in [0.1, 0.15) is 37.3 Å². The Morgan fingerprint density at radius 2 is 1.84 bits per heavy atom. The lowest BCUT2D eigenvalue weighted by Crippen LogP contribution is -2.16. The highest BCUT2D eigenvalue weighted by Gasteiger charge is 2.19. The van der Waals surface area contributed by atoms with Crippen molar-refractivity contribution in [2.24, 2.45) is 0 Å². The molecule has 1 aromatic carbocycles. The Balaban J connectivity index is 3.19. The molecular weight excluding hydrogens is 238 g/mol. The van der Waals surface area contributed by atoms with Crippen molar-refractivity contribution >= 4 is 0 Å². The van der Waals surface area contributed by atoms with Gasteiger partial charge >= 0.3 is 0 Å². The third kappa shape index (κ3) is 3.87. The quantitative estimate of drug-likeness (QED) is 0.755. The topological polar surface area (TPSA) is 21.7 Å². The van der Waals surface area contributed by atoms with Gasteiger partial charge in [-0.15, -0.1) is 0 Å². The standard InChI is InChI=1S/C16H27NO2/c1-7-12(2)15-14(18-5)9-8-13(16(15)19-6)10-11-17(3)4/h8-9,12H,7,10-11H2,1-6H3. The second kappa shape index (κ2) is 7.39. The van der Waals surface area contributed by atoms with Gasteiger partial charge in [0.15, 0.2) is 0 Å². The highest BCUT2D eigenvalue weighted by Crippen LogP contribution is 2.39. The molecule has 0 N–H and O–H groups in total. The molecule has 1 atom stereocenters. The summed E-state index contributed by atoms with van der Waals surface area (Å²) in [5.41, 5.74) is 2.45. The Labute approximate surface area is 117 Å². The van der Waals surface area contributed by atoms with Crippen LogP contribution in [0, 0.1) is 0 Å². The van der Waals surface area contributed by atoms with Gasteiger partial charge in [-0.3, -0.25) is 0 Å². The summed E-state index contributed by atoms with van der Waals surface area (Å²) in [4.78, 5) is 2.19. The van der Waals surface area contributed by atoms with Crippen LogP contribution in [0.25, 0.3) is 0 Å². The minimum absolute atomic E-state index is 0.434. The first-order valence-electron chi connectivity index (χ1n) is 6.93. The molecule has 0 heterocycles. The second-order valence-electron chi connectivity index (χ2n) is 5.24. The Bertz CT molecular complexity index is 402. The normalized spacial score (nSPS) is 12.6. The molecule has 0 aliphatic heterocycles. The van der Waals surface area contributed by atoms with Crippen molar-refractivity contribution < 1.29 is 9.47 Å². The fraction of sp³-hybridized carbons (Fsp3) is 0.625. The number of nitrogens with zero attached hydrogens (tertiary/aromatic N) is 1. The Morgan fingerprint density at radius 1 is 1.16 bits per heavy atom. The molecule has 1 unspecified atom stereocenters. The zero-order valence-electron chi connectivity index (χ0n) is 13.1. The van der Waals surface area contributed by atoms with E-state index in [9.17, 15) is 0 Å². The van der Waals surface area contributed by atoms with Gasteiger partial charge in [-0.25, -0.2) is 0 Å². The molecule has 0 bridgehead atoms. The van der Waals surface area contributed by atoms with Gasteiger partial charge in [0.05, 0.1) is 14.2 Å². The van der Waals surface area contributed by atoms with Crippen LogP contribution in [0.15, 0.2) is 12.1 Å². The lowest BCUT2D eigenvalue weighted by atomic mass is 9.93. The Kier molecular flexibility index (Phi) is 6.16. The van der Waals surface area contributed by atoms with E-state index in [4.69, 9.17) is 9.47 Å². The molecule has 19 heavy (non-hydrogen) atoms. The number of likely N-dealkylation sites (N-methyl/N-ethyl adjacent to an activating group) is 1.